The van der Waals surface area contributed by atoms with E-state index >= 15 is 14.4 Å². The van der Waals surface area contributed by atoms with Crippen LogP contribution >= 0.6 is 0 Å². The minimum atomic E-state index is -2.79. The van der Waals surface area contributed by atoms with Gasteiger partial charge in [0.2, 0.25) is 0 Å². The van der Waals surface area contributed by atoms with Gasteiger partial charge in [0.05, 0.1) is 35.6 Å². The third kappa shape index (κ3) is 11.8. The molecule has 0 radical (unpaired) electrons. The second-order valence-corrected chi connectivity index (χ2v) is 33.0. The number of aliphatic hydroxyl groups is 1. The third-order valence-electron chi connectivity index (χ3n) is 19.1. The summed E-state index contributed by atoms with van der Waals surface area (Å²) in [6.07, 6.45) is -8.78. The number of fused-ring (bicyclic) bond motifs is 5. The van der Waals surface area contributed by atoms with Crippen LogP contribution in [0.5, 0.6) is 11.5 Å². The summed E-state index contributed by atoms with van der Waals surface area (Å²) >= 11 is 0. The molecule has 1 saturated heterocycles. The maximum Gasteiger partial charge on any atom is 0.338 e. The van der Waals surface area contributed by atoms with Crippen LogP contribution in [0, 0.1) is 16.7 Å². The van der Waals surface area contributed by atoms with Gasteiger partial charge in [0.15, 0.2) is 40.2 Å². The summed E-state index contributed by atoms with van der Waals surface area (Å²) in [5, 5.41) is 17.8. The van der Waals surface area contributed by atoms with E-state index in [4.69, 9.17) is 37.3 Å². The Hall–Kier alpha value is -6.29. The van der Waals surface area contributed by atoms with Crippen LogP contribution in [0.25, 0.3) is 0 Å². The first kappa shape index (κ1) is 62.8. The van der Waals surface area contributed by atoms with Gasteiger partial charge in [-0.1, -0.05) is 128 Å². The predicted octanol–water partition coefficient (Wildman–Crippen LogP) is 11.6. The number of hydrogen-bond acceptors (Lipinski definition) is 15. The second kappa shape index (κ2) is 25.1. The van der Waals surface area contributed by atoms with Crippen molar-refractivity contribution >= 4 is 52.2 Å². The monoisotopic (exact) mass is 1170 g/mol. The average molecular weight is 1170 g/mol. The predicted molar refractivity (Wildman–Crippen MR) is 316 cm³/mol. The van der Waals surface area contributed by atoms with E-state index in [1.54, 1.807) is 113 Å². The number of benzene rings is 4. The van der Waals surface area contributed by atoms with Crippen molar-refractivity contribution in [1.29, 1.82) is 0 Å². The molecule has 1 amide bonds. The van der Waals surface area contributed by atoms with Crippen molar-refractivity contribution in [3.05, 3.63) is 143 Å². The van der Waals surface area contributed by atoms with E-state index in [1.807, 2.05) is 45.0 Å². The SMILES string of the molecule is CC[Si](CC)(CC)O[C@H]1C[C@H]2OC[C@@]2(OC(C)=O)[C@H]2[C@H](OC(=O)c3cccc(Oc4ccccc4)c3)[C@]3(O)C[C@H](OC(=O)[C@H](O[Si](CC)(CC)CC)[C@@H](NC(=O)c4ccccc4)c4ccccc4)C(C)=C([C@@H](OC(C)=O)C(=O)[C@]12C)C3(C)C. The molecule has 0 unspecified atom stereocenters. The first-order valence-electron chi connectivity index (χ1n) is 29.4. The molecule has 2 saturated carbocycles. The molecule has 1 heterocycles. The molecule has 4 aromatic rings. The summed E-state index contributed by atoms with van der Waals surface area (Å²) in [5.41, 5.74) is -6.33. The Labute approximate surface area is 490 Å². The van der Waals surface area contributed by atoms with Crippen molar-refractivity contribution in [2.75, 3.05) is 6.61 Å². The standard InChI is InChI=1S/C65H83NO15Si2/c1-13-82(14-2,15-3)80-50-38-51-64(40-74-51,79-43(9)68)56-58(78-60(71)46-33-28-36-48(37-46)76-47-34-26-21-27-35-47)65(73)39-49(41(7)52(62(65,10)11)54(75-42(8)67)57(69)63(50,56)12)77-61(72)55(81-83(16-4,17-5)18-6)53(44-29-22-19-23-30-44)66-59(70)45-31-24-20-25-32-45/h19-37,49-51,53-56,58,73H,13-18,38-40H2,1-12H3,(H,66,70)/t49-,50-,51+,53-,54+,55+,56-,58-,63+,64-,65+/m0/s1. The smallest absolute Gasteiger partial charge is 0.338 e. The van der Waals surface area contributed by atoms with E-state index in [0.717, 1.165) is 0 Å². The number of amides is 1. The maximum atomic E-state index is 16.8. The topological polar surface area (TPSA) is 209 Å². The number of carbonyl (C=O) groups is 6. The molecule has 4 aromatic carbocycles. The molecule has 83 heavy (non-hydrogen) atoms. The third-order valence-corrected chi connectivity index (χ3v) is 28.4. The zero-order valence-corrected chi connectivity index (χ0v) is 52.1. The van der Waals surface area contributed by atoms with E-state index in [9.17, 15) is 19.5 Å². The largest absolute Gasteiger partial charge is 0.457 e. The van der Waals surface area contributed by atoms with E-state index in [1.165, 1.54) is 19.9 Å². The summed E-state index contributed by atoms with van der Waals surface area (Å²) in [7, 11) is -5.49. The van der Waals surface area contributed by atoms with Gasteiger partial charge in [-0.3, -0.25) is 19.2 Å². The van der Waals surface area contributed by atoms with Crippen LogP contribution in [0.3, 0.4) is 0 Å². The van der Waals surface area contributed by atoms with E-state index in [2.05, 4.69) is 26.1 Å². The number of ether oxygens (including phenoxy) is 6. The lowest BCUT2D eigenvalue weighted by atomic mass is 9.44. The van der Waals surface area contributed by atoms with Gasteiger partial charge in [0, 0.05) is 37.7 Å². The highest BCUT2D eigenvalue weighted by molar-refractivity contribution is 6.74. The fraction of sp³-hybridized carbons (Fsp3) is 0.508. The summed E-state index contributed by atoms with van der Waals surface area (Å²) in [5.74, 6) is -5.12. The highest BCUT2D eigenvalue weighted by Gasteiger charge is 2.79. The van der Waals surface area contributed by atoms with Crippen molar-refractivity contribution in [2.24, 2.45) is 16.7 Å². The molecule has 16 nitrogen and oxygen atoms in total. The molecular formula is C65H83NO15Si2. The molecule has 3 fully saturated rings. The zero-order valence-electron chi connectivity index (χ0n) is 50.1. The minimum absolute atomic E-state index is 0.0271. The number of ketones is 1. The number of esters is 4. The summed E-state index contributed by atoms with van der Waals surface area (Å²) in [6.45, 7) is 21.1. The highest BCUT2D eigenvalue weighted by atomic mass is 28.4. The second-order valence-electron chi connectivity index (χ2n) is 23.6. The zero-order chi connectivity index (χ0) is 60.3. The Bertz CT molecular complexity index is 3020. The van der Waals surface area contributed by atoms with Gasteiger partial charge >= 0.3 is 23.9 Å². The molecule has 8 rings (SSSR count). The Morgan fingerprint density at radius 1 is 0.711 bits per heavy atom. The Kier molecular flexibility index (Phi) is 19.0. The quantitative estimate of drug-likeness (QED) is 0.0325. The number of para-hydroxylation sites is 1. The molecule has 3 aliphatic carbocycles. The lowest BCUT2D eigenvalue weighted by Crippen LogP contribution is -2.82. The fourth-order valence-electron chi connectivity index (χ4n) is 13.7. The number of Topliss-reactive ketones (excluding diaryl/α,β-unsaturated/α-hetero) is 1. The summed E-state index contributed by atoms with van der Waals surface area (Å²) in [6, 6.07) is 35.8. The van der Waals surface area contributed by atoms with Gasteiger partial charge in [0.25, 0.3) is 5.91 Å². The van der Waals surface area contributed by atoms with Gasteiger partial charge in [-0.15, -0.1) is 0 Å². The van der Waals surface area contributed by atoms with Crippen LogP contribution in [-0.2, 0) is 51.7 Å². The molecule has 18 heteroatoms. The van der Waals surface area contributed by atoms with E-state index in [0.29, 0.717) is 64.5 Å². The first-order valence-corrected chi connectivity index (χ1v) is 34.5. The van der Waals surface area contributed by atoms with E-state index < -0.39 is 129 Å². The highest BCUT2D eigenvalue weighted by Crippen LogP contribution is 2.65. The Balaban J connectivity index is 1.37. The van der Waals surface area contributed by atoms with Crippen LogP contribution in [0.15, 0.2) is 126 Å². The molecule has 11 atom stereocenters. The molecule has 0 spiro atoms. The number of carbonyl (C=O) groups excluding carboxylic acids is 6. The summed E-state index contributed by atoms with van der Waals surface area (Å²) < 4.78 is 53.8. The molecule has 1 aliphatic heterocycles. The van der Waals surface area contributed by atoms with Crippen LogP contribution in [0.4, 0.5) is 0 Å². The Morgan fingerprint density at radius 3 is 1.83 bits per heavy atom. The molecule has 4 aliphatic rings. The van der Waals surface area contributed by atoms with Crippen molar-refractivity contribution in [3.63, 3.8) is 0 Å². The normalized spacial score (nSPS) is 27.2. The lowest BCUT2D eigenvalue weighted by molar-refractivity contribution is -0.344. The summed E-state index contributed by atoms with van der Waals surface area (Å²) in [4.78, 5) is 89.9. The molecule has 0 aromatic heterocycles. The van der Waals surface area contributed by atoms with Gasteiger partial charge in [-0.25, -0.2) is 9.59 Å². The molecule has 2 bridgehead atoms. The van der Waals surface area contributed by atoms with Crippen LogP contribution in [-0.4, -0.2) is 112 Å². The van der Waals surface area contributed by atoms with Gasteiger partial charge < -0.3 is 47.7 Å². The van der Waals surface area contributed by atoms with Gasteiger partial charge in [-0.2, -0.15) is 0 Å². The number of nitrogens with one attached hydrogen (secondary N) is 1. The van der Waals surface area contributed by atoms with Gasteiger partial charge in [-0.05, 0) is 109 Å². The molecule has 446 valence electrons. The van der Waals surface area contributed by atoms with Crippen LogP contribution in [0.1, 0.15) is 128 Å². The fourth-order valence-corrected chi connectivity index (χ4v) is 19.5. The number of hydrogen-bond donors (Lipinski definition) is 2. The minimum Gasteiger partial charge on any atom is -0.457 e. The van der Waals surface area contributed by atoms with Crippen molar-refractivity contribution in [3.8, 4) is 11.5 Å². The molecule has 2 N–H and O–H groups in total. The van der Waals surface area contributed by atoms with Crippen molar-refractivity contribution in [2.45, 2.75) is 186 Å². The average Bonchev–Trinajstić information content (AvgIpc) is 0.725. The lowest BCUT2D eigenvalue weighted by Gasteiger charge is -2.68. The maximum absolute atomic E-state index is 16.8. The van der Waals surface area contributed by atoms with Crippen LogP contribution in [0.2, 0.25) is 36.3 Å². The number of rotatable bonds is 22. The van der Waals surface area contributed by atoms with Crippen molar-refractivity contribution in [1.82, 2.24) is 5.32 Å². The Morgan fingerprint density at radius 2 is 1.28 bits per heavy atom. The van der Waals surface area contributed by atoms with Crippen molar-refractivity contribution < 1.29 is 71.1 Å². The van der Waals surface area contributed by atoms with Crippen LogP contribution < -0.4 is 10.1 Å². The molecular weight excluding hydrogens is 1090 g/mol. The first-order chi connectivity index (χ1) is 39.5. The van der Waals surface area contributed by atoms with Gasteiger partial charge in [0.1, 0.15) is 35.4 Å². The van der Waals surface area contributed by atoms with E-state index in [-0.39, 0.29) is 24.2 Å².